The summed E-state index contributed by atoms with van der Waals surface area (Å²) in [4.78, 5) is 0. The van der Waals surface area contributed by atoms with Crippen molar-refractivity contribution >= 4 is 0 Å². The van der Waals surface area contributed by atoms with Crippen LogP contribution in [-0.4, -0.2) is 19.7 Å². The van der Waals surface area contributed by atoms with Gasteiger partial charge in [0.2, 0.25) is 0 Å². The van der Waals surface area contributed by atoms with Gasteiger partial charge in [-0.25, -0.2) is 0 Å². The van der Waals surface area contributed by atoms with Crippen molar-refractivity contribution in [1.29, 1.82) is 0 Å². The molecule has 0 radical (unpaired) electrons. The molecule has 0 fully saturated rings. The second-order valence-electron chi connectivity index (χ2n) is 4.05. The van der Waals surface area contributed by atoms with Crippen LogP contribution in [0.4, 0.5) is 0 Å². The third-order valence-corrected chi connectivity index (χ3v) is 2.76. The molecule has 16 heavy (non-hydrogen) atoms. The molecule has 0 saturated heterocycles. The van der Waals surface area contributed by atoms with Gasteiger partial charge < -0.3 is 10.1 Å². The normalized spacial score (nSPS) is 12.4. The van der Waals surface area contributed by atoms with E-state index in [1.54, 1.807) is 0 Å². The summed E-state index contributed by atoms with van der Waals surface area (Å²) in [6.45, 7) is 9.29. The van der Waals surface area contributed by atoms with Crippen LogP contribution in [0.3, 0.4) is 0 Å². The van der Waals surface area contributed by atoms with Crippen LogP contribution in [0.1, 0.15) is 38.7 Å². The molecule has 0 aliphatic heterocycles. The summed E-state index contributed by atoms with van der Waals surface area (Å²) in [6.07, 6.45) is 1.18. The highest BCUT2D eigenvalue weighted by atomic mass is 16.5. The Morgan fingerprint density at radius 1 is 1.19 bits per heavy atom. The number of benzene rings is 1. The predicted molar refractivity (Wildman–Crippen MR) is 69.2 cm³/mol. The zero-order valence-corrected chi connectivity index (χ0v) is 10.6. The molecular weight excluding hydrogens is 198 g/mol. The Labute approximate surface area is 99.0 Å². The van der Waals surface area contributed by atoms with E-state index in [1.165, 1.54) is 12.0 Å². The van der Waals surface area contributed by atoms with E-state index in [1.807, 2.05) is 6.92 Å². The van der Waals surface area contributed by atoms with E-state index in [0.29, 0.717) is 5.92 Å². The fraction of sp³-hybridized carbons (Fsp3) is 0.571. The van der Waals surface area contributed by atoms with Gasteiger partial charge in [0.05, 0.1) is 6.61 Å². The molecule has 1 aromatic rings. The first-order chi connectivity index (χ1) is 7.77. The molecule has 0 heterocycles. The van der Waals surface area contributed by atoms with Crippen molar-refractivity contribution in [3.63, 3.8) is 0 Å². The number of hydrogen-bond acceptors (Lipinski definition) is 2. The van der Waals surface area contributed by atoms with Gasteiger partial charge in [0.1, 0.15) is 5.75 Å². The topological polar surface area (TPSA) is 21.3 Å². The molecule has 2 nitrogen and oxygen atoms in total. The Bertz CT molecular complexity index is 281. The van der Waals surface area contributed by atoms with E-state index in [9.17, 15) is 0 Å². The van der Waals surface area contributed by atoms with E-state index in [2.05, 4.69) is 43.4 Å². The summed E-state index contributed by atoms with van der Waals surface area (Å²) in [5, 5.41) is 3.36. The molecule has 0 bridgehead atoms. The summed E-state index contributed by atoms with van der Waals surface area (Å²) in [5.74, 6) is 1.57. The Morgan fingerprint density at radius 3 is 2.44 bits per heavy atom. The molecule has 0 amide bonds. The van der Waals surface area contributed by atoms with Gasteiger partial charge in [-0.05, 0) is 50.0 Å². The van der Waals surface area contributed by atoms with E-state index in [-0.39, 0.29) is 0 Å². The van der Waals surface area contributed by atoms with Crippen LogP contribution in [0.25, 0.3) is 0 Å². The van der Waals surface area contributed by atoms with Crippen molar-refractivity contribution in [3.8, 4) is 5.75 Å². The quantitative estimate of drug-likeness (QED) is 0.714. The summed E-state index contributed by atoms with van der Waals surface area (Å²) in [7, 11) is 0. The lowest BCUT2D eigenvalue weighted by Gasteiger charge is -2.12. The summed E-state index contributed by atoms with van der Waals surface area (Å²) in [6, 6.07) is 8.45. The van der Waals surface area contributed by atoms with Crippen LogP contribution in [0.2, 0.25) is 0 Å². The minimum atomic E-state index is 0.606. The monoisotopic (exact) mass is 221 g/mol. The van der Waals surface area contributed by atoms with Gasteiger partial charge in [0.25, 0.3) is 0 Å². The molecule has 90 valence electrons. The van der Waals surface area contributed by atoms with E-state index in [0.717, 1.165) is 25.4 Å². The van der Waals surface area contributed by atoms with Crippen LogP contribution in [0.15, 0.2) is 24.3 Å². The fourth-order valence-corrected chi connectivity index (χ4v) is 1.72. The zero-order valence-electron chi connectivity index (χ0n) is 10.6. The first kappa shape index (κ1) is 13.0. The van der Waals surface area contributed by atoms with Gasteiger partial charge in [-0.2, -0.15) is 0 Å². The number of ether oxygens (including phenoxy) is 1. The van der Waals surface area contributed by atoms with Crippen LogP contribution in [-0.2, 0) is 0 Å². The van der Waals surface area contributed by atoms with Crippen molar-refractivity contribution in [3.05, 3.63) is 29.8 Å². The first-order valence-corrected chi connectivity index (χ1v) is 6.21. The van der Waals surface area contributed by atoms with Gasteiger partial charge >= 0.3 is 0 Å². The minimum absolute atomic E-state index is 0.606. The Morgan fingerprint density at radius 2 is 1.88 bits per heavy atom. The highest BCUT2D eigenvalue weighted by Gasteiger charge is 2.04. The maximum absolute atomic E-state index is 5.43. The summed E-state index contributed by atoms with van der Waals surface area (Å²) in [5.41, 5.74) is 1.39. The molecule has 1 rings (SSSR count). The zero-order chi connectivity index (χ0) is 11.8. The standard InChI is InChI=1S/C14H23NO/c1-4-15-11-10-12(3)13-6-8-14(9-7-13)16-5-2/h6-9,12,15H,4-5,10-11H2,1-3H3. The molecule has 1 unspecified atom stereocenters. The summed E-state index contributed by atoms with van der Waals surface area (Å²) < 4.78 is 5.43. The molecule has 0 spiro atoms. The van der Waals surface area contributed by atoms with E-state index >= 15 is 0 Å². The fourth-order valence-electron chi connectivity index (χ4n) is 1.72. The average molecular weight is 221 g/mol. The van der Waals surface area contributed by atoms with Gasteiger partial charge in [0, 0.05) is 0 Å². The van der Waals surface area contributed by atoms with E-state index in [4.69, 9.17) is 4.74 Å². The molecule has 1 N–H and O–H groups in total. The Kier molecular flexibility index (Phi) is 5.94. The second-order valence-corrected chi connectivity index (χ2v) is 4.05. The number of nitrogens with one attached hydrogen (secondary N) is 1. The number of hydrogen-bond donors (Lipinski definition) is 1. The molecule has 2 heteroatoms. The van der Waals surface area contributed by atoms with Crippen LogP contribution in [0, 0.1) is 0 Å². The number of rotatable bonds is 7. The molecule has 1 aromatic carbocycles. The third-order valence-electron chi connectivity index (χ3n) is 2.76. The van der Waals surface area contributed by atoms with Crippen LogP contribution in [0.5, 0.6) is 5.75 Å². The predicted octanol–water partition coefficient (Wildman–Crippen LogP) is 3.19. The van der Waals surface area contributed by atoms with Gasteiger partial charge in [0.15, 0.2) is 0 Å². The molecular formula is C14H23NO. The molecule has 0 aromatic heterocycles. The van der Waals surface area contributed by atoms with Crippen molar-refractivity contribution in [2.45, 2.75) is 33.1 Å². The second kappa shape index (κ2) is 7.29. The SMILES string of the molecule is CCNCCC(C)c1ccc(OCC)cc1. The van der Waals surface area contributed by atoms with Crippen molar-refractivity contribution in [2.75, 3.05) is 19.7 Å². The minimum Gasteiger partial charge on any atom is -0.494 e. The lowest BCUT2D eigenvalue weighted by Crippen LogP contribution is -2.15. The molecule has 0 aliphatic rings. The van der Waals surface area contributed by atoms with Gasteiger partial charge in [-0.1, -0.05) is 26.0 Å². The Hall–Kier alpha value is -1.02. The highest BCUT2D eigenvalue weighted by molar-refractivity contribution is 5.29. The third kappa shape index (κ3) is 4.23. The average Bonchev–Trinajstić information content (AvgIpc) is 2.30. The lowest BCUT2D eigenvalue weighted by molar-refractivity contribution is 0.340. The molecule has 1 atom stereocenters. The first-order valence-electron chi connectivity index (χ1n) is 6.21. The van der Waals surface area contributed by atoms with Crippen LogP contribution < -0.4 is 10.1 Å². The smallest absolute Gasteiger partial charge is 0.119 e. The maximum atomic E-state index is 5.43. The van der Waals surface area contributed by atoms with Crippen molar-refractivity contribution < 1.29 is 4.74 Å². The van der Waals surface area contributed by atoms with E-state index < -0.39 is 0 Å². The highest BCUT2D eigenvalue weighted by Crippen LogP contribution is 2.21. The van der Waals surface area contributed by atoms with Crippen LogP contribution >= 0.6 is 0 Å². The Balaban J connectivity index is 2.46. The lowest BCUT2D eigenvalue weighted by atomic mass is 9.98. The summed E-state index contributed by atoms with van der Waals surface area (Å²) >= 11 is 0. The molecule has 0 aliphatic carbocycles. The molecule has 0 saturated carbocycles. The van der Waals surface area contributed by atoms with Gasteiger partial charge in [-0.3, -0.25) is 0 Å². The van der Waals surface area contributed by atoms with Crippen molar-refractivity contribution in [1.82, 2.24) is 5.32 Å². The van der Waals surface area contributed by atoms with Crippen molar-refractivity contribution in [2.24, 2.45) is 0 Å². The maximum Gasteiger partial charge on any atom is 0.119 e. The van der Waals surface area contributed by atoms with Gasteiger partial charge in [-0.15, -0.1) is 0 Å². The largest absolute Gasteiger partial charge is 0.494 e.